The Kier molecular flexibility index (Phi) is 4.97. The van der Waals surface area contributed by atoms with Crippen molar-refractivity contribution in [3.8, 4) is 0 Å². The highest BCUT2D eigenvalue weighted by molar-refractivity contribution is 5.94. The second-order valence-electron chi connectivity index (χ2n) is 7.51. The Bertz CT molecular complexity index is 975. The standard InChI is InChI=1S/C19H26N8O/c1-4-6-14-9-16(27-19(23-14)20-12-22-27)26-8-5-7-13(11-26)17-15(10-21-24-17)18(28)25(2)3/h9-10,12-13H,4-8,11H2,1-3H3,(H,21,24). The number of hydrogen-bond donors (Lipinski definition) is 1. The second-order valence-corrected chi connectivity index (χ2v) is 7.51. The van der Waals surface area contributed by atoms with Crippen LogP contribution in [-0.2, 0) is 6.42 Å². The van der Waals surface area contributed by atoms with Crippen molar-refractivity contribution < 1.29 is 4.79 Å². The molecule has 28 heavy (non-hydrogen) atoms. The van der Waals surface area contributed by atoms with Crippen molar-refractivity contribution in [2.75, 3.05) is 32.1 Å². The van der Waals surface area contributed by atoms with E-state index in [4.69, 9.17) is 0 Å². The molecule has 9 nitrogen and oxygen atoms in total. The van der Waals surface area contributed by atoms with Crippen molar-refractivity contribution in [3.05, 3.63) is 35.5 Å². The number of H-pyrrole nitrogens is 1. The zero-order valence-electron chi connectivity index (χ0n) is 16.6. The Morgan fingerprint density at radius 2 is 2.25 bits per heavy atom. The van der Waals surface area contributed by atoms with Gasteiger partial charge in [-0.1, -0.05) is 13.3 Å². The van der Waals surface area contributed by atoms with Crippen LogP contribution in [-0.4, -0.2) is 67.8 Å². The van der Waals surface area contributed by atoms with Gasteiger partial charge in [0.25, 0.3) is 11.7 Å². The first-order valence-electron chi connectivity index (χ1n) is 9.78. The molecule has 1 unspecified atom stereocenters. The zero-order valence-corrected chi connectivity index (χ0v) is 16.6. The summed E-state index contributed by atoms with van der Waals surface area (Å²) in [5.74, 6) is 1.83. The number of rotatable bonds is 5. The molecule has 1 saturated heterocycles. The number of amides is 1. The van der Waals surface area contributed by atoms with Crippen molar-refractivity contribution in [1.82, 2.24) is 34.7 Å². The average molecular weight is 382 g/mol. The molecule has 4 heterocycles. The molecule has 0 saturated carbocycles. The van der Waals surface area contributed by atoms with Crippen LogP contribution in [0.1, 0.15) is 53.8 Å². The fourth-order valence-electron chi connectivity index (χ4n) is 3.89. The molecule has 0 bridgehead atoms. The minimum atomic E-state index is -0.0197. The maximum absolute atomic E-state index is 12.5. The van der Waals surface area contributed by atoms with E-state index in [2.05, 4.69) is 43.2 Å². The number of nitrogens with one attached hydrogen (secondary N) is 1. The molecule has 3 aromatic heterocycles. The molecule has 4 rings (SSSR count). The molecule has 0 aliphatic carbocycles. The predicted molar refractivity (Wildman–Crippen MR) is 106 cm³/mol. The number of carbonyl (C=O) groups excluding carboxylic acids is 1. The van der Waals surface area contributed by atoms with Crippen LogP contribution in [0.25, 0.3) is 5.78 Å². The molecule has 1 atom stereocenters. The fraction of sp³-hybridized carbons (Fsp3) is 0.526. The summed E-state index contributed by atoms with van der Waals surface area (Å²) in [7, 11) is 3.53. The van der Waals surface area contributed by atoms with Crippen molar-refractivity contribution in [3.63, 3.8) is 0 Å². The van der Waals surface area contributed by atoms with E-state index in [1.807, 2.05) is 0 Å². The molecule has 1 amide bonds. The summed E-state index contributed by atoms with van der Waals surface area (Å²) in [5, 5.41) is 11.6. The highest BCUT2D eigenvalue weighted by Gasteiger charge is 2.29. The van der Waals surface area contributed by atoms with Crippen LogP contribution in [0.2, 0.25) is 0 Å². The van der Waals surface area contributed by atoms with E-state index in [1.54, 1.807) is 36.0 Å². The lowest BCUT2D eigenvalue weighted by molar-refractivity contribution is 0.0826. The molecule has 148 valence electrons. The maximum atomic E-state index is 12.5. The van der Waals surface area contributed by atoms with E-state index in [9.17, 15) is 4.79 Å². The number of aromatic nitrogens is 6. The molecule has 0 radical (unpaired) electrons. The van der Waals surface area contributed by atoms with Crippen LogP contribution >= 0.6 is 0 Å². The van der Waals surface area contributed by atoms with Gasteiger partial charge in [-0.05, 0) is 19.3 Å². The zero-order chi connectivity index (χ0) is 19.7. The van der Waals surface area contributed by atoms with Crippen molar-refractivity contribution in [1.29, 1.82) is 0 Å². The lowest BCUT2D eigenvalue weighted by Crippen LogP contribution is -2.36. The minimum absolute atomic E-state index is 0.0197. The van der Waals surface area contributed by atoms with Gasteiger partial charge in [-0.2, -0.15) is 19.7 Å². The molecule has 0 aromatic carbocycles. The summed E-state index contributed by atoms with van der Waals surface area (Å²) in [5.41, 5.74) is 2.61. The van der Waals surface area contributed by atoms with E-state index in [1.165, 1.54) is 0 Å². The Balaban J connectivity index is 1.65. The smallest absolute Gasteiger partial charge is 0.256 e. The van der Waals surface area contributed by atoms with Crippen LogP contribution in [0, 0.1) is 0 Å². The van der Waals surface area contributed by atoms with Gasteiger partial charge in [0.2, 0.25) is 0 Å². The quantitative estimate of drug-likeness (QED) is 0.724. The lowest BCUT2D eigenvalue weighted by atomic mass is 9.92. The number of hydrogen-bond acceptors (Lipinski definition) is 6. The van der Waals surface area contributed by atoms with Crippen molar-refractivity contribution in [2.24, 2.45) is 0 Å². The molecule has 3 aromatic rings. The van der Waals surface area contributed by atoms with Crippen molar-refractivity contribution in [2.45, 2.75) is 38.5 Å². The number of anilines is 1. The SMILES string of the molecule is CCCc1cc(N2CCCC(c3[nH]ncc3C(=O)N(C)C)C2)n2ncnc2n1. The average Bonchev–Trinajstić information content (AvgIpc) is 3.36. The third-order valence-electron chi connectivity index (χ3n) is 5.25. The normalized spacial score (nSPS) is 17.2. The Labute approximate surface area is 163 Å². The number of piperidine rings is 1. The number of nitrogens with zero attached hydrogens (tertiary/aromatic N) is 7. The van der Waals surface area contributed by atoms with Gasteiger partial charge in [0.1, 0.15) is 12.1 Å². The Morgan fingerprint density at radius 3 is 3.04 bits per heavy atom. The van der Waals surface area contributed by atoms with Gasteiger partial charge in [-0.25, -0.2) is 4.98 Å². The number of aromatic amines is 1. The van der Waals surface area contributed by atoms with E-state index < -0.39 is 0 Å². The summed E-state index contributed by atoms with van der Waals surface area (Å²) in [6, 6.07) is 2.12. The van der Waals surface area contributed by atoms with Crippen LogP contribution in [0.15, 0.2) is 18.6 Å². The molecule has 1 aliphatic rings. The summed E-state index contributed by atoms with van der Waals surface area (Å²) < 4.78 is 1.81. The fourth-order valence-corrected chi connectivity index (χ4v) is 3.89. The third kappa shape index (κ3) is 3.32. The van der Waals surface area contributed by atoms with Crippen LogP contribution in [0.5, 0.6) is 0 Å². The molecular formula is C19H26N8O. The monoisotopic (exact) mass is 382 g/mol. The molecule has 1 fully saturated rings. The van der Waals surface area contributed by atoms with Crippen LogP contribution in [0.4, 0.5) is 5.82 Å². The minimum Gasteiger partial charge on any atom is -0.356 e. The van der Waals surface area contributed by atoms with E-state index in [0.717, 1.165) is 56.0 Å². The first kappa shape index (κ1) is 18.4. The number of carbonyl (C=O) groups is 1. The Morgan fingerprint density at radius 1 is 1.39 bits per heavy atom. The first-order chi connectivity index (χ1) is 13.6. The van der Waals surface area contributed by atoms with Gasteiger partial charge in [-0.15, -0.1) is 0 Å². The largest absolute Gasteiger partial charge is 0.356 e. The van der Waals surface area contributed by atoms with E-state index in [0.29, 0.717) is 11.3 Å². The summed E-state index contributed by atoms with van der Waals surface area (Å²) >= 11 is 0. The first-order valence-corrected chi connectivity index (χ1v) is 9.78. The van der Waals surface area contributed by atoms with Crippen LogP contribution < -0.4 is 4.90 Å². The molecular weight excluding hydrogens is 356 g/mol. The Hall–Kier alpha value is -2.97. The number of fused-ring (bicyclic) bond motifs is 1. The van der Waals surface area contributed by atoms with Gasteiger partial charge in [0.05, 0.1) is 17.5 Å². The van der Waals surface area contributed by atoms with E-state index in [-0.39, 0.29) is 11.8 Å². The molecule has 1 N–H and O–H groups in total. The lowest BCUT2D eigenvalue weighted by Gasteiger charge is -2.34. The third-order valence-corrected chi connectivity index (χ3v) is 5.25. The highest BCUT2D eigenvalue weighted by atomic mass is 16.2. The van der Waals surface area contributed by atoms with Gasteiger partial charge in [-0.3, -0.25) is 9.89 Å². The van der Waals surface area contributed by atoms with E-state index >= 15 is 0 Å². The highest BCUT2D eigenvalue weighted by Crippen LogP contribution is 2.31. The maximum Gasteiger partial charge on any atom is 0.256 e. The van der Waals surface area contributed by atoms with Gasteiger partial charge in [0, 0.05) is 44.9 Å². The van der Waals surface area contributed by atoms with Gasteiger partial charge in [0.15, 0.2) is 0 Å². The van der Waals surface area contributed by atoms with Crippen LogP contribution in [0.3, 0.4) is 0 Å². The topological polar surface area (TPSA) is 95.3 Å². The van der Waals surface area contributed by atoms with Crippen molar-refractivity contribution >= 4 is 17.5 Å². The number of aryl methyl sites for hydroxylation is 1. The predicted octanol–water partition coefficient (Wildman–Crippen LogP) is 1.89. The van der Waals surface area contributed by atoms with Gasteiger partial charge < -0.3 is 9.80 Å². The summed E-state index contributed by atoms with van der Waals surface area (Å²) in [6.07, 6.45) is 7.17. The summed E-state index contributed by atoms with van der Waals surface area (Å²) in [6.45, 7) is 3.88. The molecule has 1 aliphatic heterocycles. The molecule has 0 spiro atoms. The molecule has 9 heteroatoms. The second kappa shape index (κ2) is 7.57. The summed E-state index contributed by atoms with van der Waals surface area (Å²) in [4.78, 5) is 25.3. The van der Waals surface area contributed by atoms with Gasteiger partial charge >= 0.3 is 0 Å².